The molecule has 0 bridgehead atoms. The Labute approximate surface area is 70.3 Å². The molecule has 2 heteroatoms. The van der Waals surface area contributed by atoms with Crippen LogP contribution in [0.1, 0.15) is 33.6 Å². The van der Waals surface area contributed by atoms with E-state index in [9.17, 15) is 0 Å². The second-order valence-electron chi connectivity index (χ2n) is 3.21. The largest absolute Gasteiger partial charge is 0.385 e. The molecule has 0 spiro atoms. The first-order valence-electron chi connectivity index (χ1n) is 4.45. The summed E-state index contributed by atoms with van der Waals surface area (Å²) in [6, 6.07) is 1.20. The molecule has 2 nitrogen and oxygen atoms in total. The molecule has 0 heterocycles. The van der Waals surface area contributed by atoms with E-state index in [1.165, 1.54) is 6.42 Å². The Hall–Kier alpha value is -0.0800. The number of ether oxygens (including phenoxy) is 1. The maximum atomic E-state index is 5.02. The molecule has 0 saturated heterocycles. The lowest BCUT2D eigenvalue weighted by atomic mass is 10.1. The smallest absolute Gasteiger partial charge is 0.0477 e. The predicted octanol–water partition coefficient (Wildman–Crippen LogP) is 1.80. The molecule has 0 aromatic carbocycles. The van der Waals surface area contributed by atoms with Crippen LogP contribution in [0, 0.1) is 0 Å². The highest BCUT2D eigenvalue weighted by molar-refractivity contribution is 4.66. The summed E-state index contributed by atoms with van der Waals surface area (Å²) in [6.45, 7) is 7.42. The van der Waals surface area contributed by atoms with Gasteiger partial charge in [-0.2, -0.15) is 0 Å². The average Bonchev–Trinajstić information content (AvgIpc) is 1.97. The third-order valence-corrected chi connectivity index (χ3v) is 1.73. The Balaban J connectivity index is 3.41. The van der Waals surface area contributed by atoms with Crippen LogP contribution in [0.2, 0.25) is 0 Å². The van der Waals surface area contributed by atoms with E-state index in [4.69, 9.17) is 4.74 Å². The van der Waals surface area contributed by atoms with Crippen molar-refractivity contribution in [3.63, 3.8) is 0 Å². The topological polar surface area (TPSA) is 21.3 Å². The molecule has 0 aliphatic carbocycles. The average molecular weight is 159 g/mol. The molecule has 11 heavy (non-hydrogen) atoms. The Bertz CT molecular complexity index is 83.6. The molecular weight excluding hydrogens is 138 g/mol. The van der Waals surface area contributed by atoms with Gasteiger partial charge in [0.2, 0.25) is 0 Å². The predicted molar refractivity (Wildman–Crippen MR) is 48.8 cm³/mol. The minimum Gasteiger partial charge on any atom is -0.385 e. The number of rotatable bonds is 6. The summed E-state index contributed by atoms with van der Waals surface area (Å²) < 4.78 is 5.02. The Morgan fingerprint density at radius 2 is 2.00 bits per heavy atom. The van der Waals surface area contributed by atoms with Crippen LogP contribution >= 0.6 is 0 Å². The van der Waals surface area contributed by atoms with Crippen LogP contribution < -0.4 is 5.32 Å². The summed E-state index contributed by atoms with van der Waals surface area (Å²) in [4.78, 5) is 0. The number of nitrogens with one attached hydrogen (secondary N) is 1. The van der Waals surface area contributed by atoms with E-state index < -0.39 is 0 Å². The Morgan fingerprint density at radius 1 is 1.36 bits per heavy atom. The van der Waals surface area contributed by atoms with Gasteiger partial charge in [0.25, 0.3) is 0 Å². The van der Waals surface area contributed by atoms with Crippen molar-refractivity contribution < 1.29 is 4.74 Å². The highest BCUT2D eigenvalue weighted by Gasteiger charge is 2.05. The SMILES string of the molecule is CCC(CCOC)NC(C)C. The first-order chi connectivity index (χ1) is 5.20. The van der Waals surface area contributed by atoms with Gasteiger partial charge in [0.15, 0.2) is 0 Å². The van der Waals surface area contributed by atoms with Crippen molar-refractivity contribution in [1.29, 1.82) is 0 Å². The van der Waals surface area contributed by atoms with Gasteiger partial charge in [-0.05, 0) is 12.8 Å². The normalized spacial score (nSPS) is 13.9. The minimum absolute atomic E-state index is 0.580. The van der Waals surface area contributed by atoms with Crippen molar-refractivity contribution in [2.24, 2.45) is 0 Å². The van der Waals surface area contributed by atoms with Crippen molar-refractivity contribution in [1.82, 2.24) is 5.32 Å². The lowest BCUT2D eigenvalue weighted by Gasteiger charge is -2.18. The molecular formula is C9H21NO. The Kier molecular flexibility index (Phi) is 6.57. The van der Waals surface area contributed by atoms with Gasteiger partial charge in [-0.25, -0.2) is 0 Å². The highest BCUT2D eigenvalue weighted by Crippen LogP contribution is 1.98. The van der Waals surface area contributed by atoms with Crippen LogP contribution in [-0.2, 0) is 4.74 Å². The first-order valence-corrected chi connectivity index (χ1v) is 4.45. The van der Waals surface area contributed by atoms with Gasteiger partial charge in [0.05, 0.1) is 0 Å². The van der Waals surface area contributed by atoms with E-state index in [1.807, 2.05) is 0 Å². The van der Waals surface area contributed by atoms with E-state index in [2.05, 4.69) is 26.1 Å². The summed E-state index contributed by atoms with van der Waals surface area (Å²) in [5.74, 6) is 0. The van der Waals surface area contributed by atoms with Gasteiger partial charge >= 0.3 is 0 Å². The van der Waals surface area contributed by atoms with Crippen LogP contribution in [-0.4, -0.2) is 25.8 Å². The third kappa shape index (κ3) is 6.32. The summed E-state index contributed by atoms with van der Waals surface area (Å²) in [5, 5.41) is 3.48. The second-order valence-corrected chi connectivity index (χ2v) is 3.21. The molecule has 68 valence electrons. The quantitative estimate of drug-likeness (QED) is 0.638. The van der Waals surface area contributed by atoms with Gasteiger partial charge in [-0.3, -0.25) is 0 Å². The maximum absolute atomic E-state index is 5.02. The van der Waals surface area contributed by atoms with Gasteiger partial charge < -0.3 is 10.1 Å². The third-order valence-electron chi connectivity index (χ3n) is 1.73. The van der Waals surface area contributed by atoms with E-state index in [0.717, 1.165) is 13.0 Å². The Morgan fingerprint density at radius 3 is 2.36 bits per heavy atom. The zero-order valence-electron chi connectivity index (χ0n) is 8.18. The van der Waals surface area contributed by atoms with Crippen LogP contribution in [0.15, 0.2) is 0 Å². The lowest BCUT2D eigenvalue weighted by Crippen LogP contribution is -2.34. The monoisotopic (exact) mass is 159 g/mol. The molecule has 0 amide bonds. The molecule has 0 fully saturated rings. The van der Waals surface area contributed by atoms with Crippen molar-refractivity contribution >= 4 is 0 Å². The number of hydrogen-bond donors (Lipinski definition) is 1. The first kappa shape index (κ1) is 10.9. The highest BCUT2D eigenvalue weighted by atomic mass is 16.5. The summed E-state index contributed by atoms with van der Waals surface area (Å²) in [7, 11) is 1.75. The van der Waals surface area contributed by atoms with Crippen LogP contribution in [0.5, 0.6) is 0 Å². The van der Waals surface area contributed by atoms with E-state index in [-0.39, 0.29) is 0 Å². The maximum Gasteiger partial charge on any atom is 0.0477 e. The lowest BCUT2D eigenvalue weighted by molar-refractivity contribution is 0.180. The summed E-state index contributed by atoms with van der Waals surface area (Å²) >= 11 is 0. The molecule has 1 unspecified atom stereocenters. The van der Waals surface area contributed by atoms with Gasteiger partial charge in [0, 0.05) is 25.8 Å². The fourth-order valence-electron chi connectivity index (χ4n) is 1.14. The molecule has 0 aliphatic rings. The fraction of sp³-hybridized carbons (Fsp3) is 1.00. The van der Waals surface area contributed by atoms with Crippen molar-refractivity contribution in [3.8, 4) is 0 Å². The molecule has 0 aromatic rings. The molecule has 0 rings (SSSR count). The zero-order valence-corrected chi connectivity index (χ0v) is 8.18. The van der Waals surface area contributed by atoms with Crippen molar-refractivity contribution in [2.45, 2.75) is 45.7 Å². The van der Waals surface area contributed by atoms with Crippen LogP contribution in [0.4, 0.5) is 0 Å². The minimum atomic E-state index is 0.580. The molecule has 0 aromatic heterocycles. The van der Waals surface area contributed by atoms with Gasteiger partial charge in [-0.15, -0.1) is 0 Å². The molecule has 0 aliphatic heterocycles. The summed E-state index contributed by atoms with van der Waals surface area (Å²) in [5.41, 5.74) is 0. The van der Waals surface area contributed by atoms with Crippen molar-refractivity contribution in [3.05, 3.63) is 0 Å². The van der Waals surface area contributed by atoms with E-state index in [0.29, 0.717) is 12.1 Å². The van der Waals surface area contributed by atoms with Gasteiger partial charge in [0.1, 0.15) is 0 Å². The number of hydrogen-bond acceptors (Lipinski definition) is 2. The van der Waals surface area contributed by atoms with Crippen LogP contribution in [0.3, 0.4) is 0 Å². The second kappa shape index (κ2) is 6.62. The van der Waals surface area contributed by atoms with E-state index >= 15 is 0 Å². The van der Waals surface area contributed by atoms with Crippen molar-refractivity contribution in [2.75, 3.05) is 13.7 Å². The van der Waals surface area contributed by atoms with E-state index in [1.54, 1.807) is 7.11 Å². The number of methoxy groups -OCH3 is 1. The summed E-state index contributed by atoms with van der Waals surface area (Å²) in [6.07, 6.45) is 2.30. The molecule has 1 atom stereocenters. The molecule has 0 radical (unpaired) electrons. The zero-order chi connectivity index (χ0) is 8.69. The fourth-order valence-corrected chi connectivity index (χ4v) is 1.14. The van der Waals surface area contributed by atoms with Gasteiger partial charge in [-0.1, -0.05) is 20.8 Å². The van der Waals surface area contributed by atoms with Crippen LogP contribution in [0.25, 0.3) is 0 Å². The molecule has 1 N–H and O–H groups in total. The standard InChI is InChI=1S/C9H21NO/c1-5-9(6-7-11-4)10-8(2)3/h8-10H,5-7H2,1-4H3. The molecule has 0 saturated carbocycles.